The summed E-state index contributed by atoms with van der Waals surface area (Å²) in [6, 6.07) is 83.7. The van der Waals surface area contributed by atoms with Gasteiger partial charge in [0.15, 0.2) is 0 Å². The highest BCUT2D eigenvalue weighted by Crippen LogP contribution is 2.45. The summed E-state index contributed by atoms with van der Waals surface area (Å²) >= 11 is 0. The Morgan fingerprint density at radius 2 is 0.776 bits per heavy atom. The number of hydrogen-bond acceptors (Lipinski definition) is 1. The lowest BCUT2D eigenvalue weighted by Gasteiger charge is -2.28. The van der Waals surface area contributed by atoms with E-state index >= 15 is 0 Å². The fourth-order valence-electron chi connectivity index (χ4n) is 8.92. The van der Waals surface area contributed by atoms with Gasteiger partial charge in [0.05, 0.1) is 22.4 Å². The number of rotatable bonds is 7. The molecule has 0 saturated carbocycles. The smallest absolute Gasteiger partial charge is 0.0541 e. The lowest BCUT2D eigenvalue weighted by Crippen LogP contribution is -2.10. The summed E-state index contributed by atoms with van der Waals surface area (Å²) in [6.45, 7) is 0. The quantitative estimate of drug-likeness (QED) is 0.158. The molecule has 0 saturated heterocycles. The number of aromatic nitrogens is 1. The van der Waals surface area contributed by atoms with Crippen molar-refractivity contribution >= 4 is 60.4 Å². The highest BCUT2D eigenvalue weighted by molar-refractivity contribution is 6.11. The molecule has 0 radical (unpaired) electrons. The lowest BCUT2D eigenvalue weighted by atomic mass is 9.94. The van der Waals surface area contributed by atoms with Crippen LogP contribution in [-0.4, -0.2) is 4.57 Å². The van der Waals surface area contributed by atoms with E-state index in [0.717, 1.165) is 22.7 Å². The molecule has 0 N–H and O–H groups in total. The first-order chi connectivity index (χ1) is 28.8. The molecular weight excluding hydrogens is 701 g/mol. The molecular formula is C56H38N2. The first-order valence-electron chi connectivity index (χ1n) is 19.9. The van der Waals surface area contributed by atoms with Crippen molar-refractivity contribution in [3.05, 3.63) is 231 Å². The standard InChI is InChI=1S/C56H38N2/c1-2-15-39(16-3-1)40-29-33-43(34-30-40)57(44-35-31-42(32-36-44)46-25-14-18-41-17-4-5-19-45(41)46)56-38-37-48(47-20-6-7-21-49(47)56)50-22-8-11-26-53(50)58-54-27-12-9-23-51(54)52-24-10-13-28-55(52)58/h1-38H. The summed E-state index contributed by atoms with van der Waals surface area (Å²) in [5.74, 6) is 0. The van der Waals surface area contributed by atoms with Crippen molar-refractivity contribution in [2.24, 2.45) is 0 Å². The van der Waals surface area contributed by atoms with Gasteiger partial charge in [-0.25, -0.2) is 0 Å². The van der Waals surface area contributed by atoms with Crippen molar-refractivity contribution in [2.75, 3.05) is 4.90 Å². The van der Waals surface area contributed by atoms with Crippen LogP contribution in [0.2, 0.25) is 0 Å². The minimum Gasteiger partial charge on any atom is -0.310 e. The Morgan fingerprint density at radius 3 is 1.48 bits per heavy atom. The van der Waals surface area contributed by atoms with Crippen molar-refractivity contribution in [2.45, 2.75) is 0 Å². The van der Waals surface area contributed by atoms with Crippen LogP contribution in [0.15, 0.2) is 231 Å². The van der Waals surface area contributed by atoms with Crippen LogP contribution in [0.4, 0.5) is 17.1 Å². The third-order valence-corrected chi connectivity index (χ3v) is 11.6. The van der Waals surface area contributed by atoms with Crippen molar-refractivity contribution in [1.82, 2.24) is 4.57 Å². The second-order valence-electron chi connectivity index (χ2n) is 14.9. The lowest BCUT2D eigenvalue weighted by molar-refractivity contribution is 1.18. The molecule has 272 valence electrons. The van der Waals surface area contributed by atoms with Crippen LogP contribution in [0.3, 0.4) is 0 Å². The Hall–Kier alpha value is -7.68. The van der Waals surface area contributed by atoms with Crippen LogP contribution in [0.25, 0.3) is 82.4 Å². The molecule has 2 heteroatoms. The van der Waals surface area contributed by atoms with Crippen molar-refractivity contribution in [3.8, 4) is 39.1 Å². The average Bonchev–Trinajstić information content (AvgIpc) is 3.64. The third-order valence-electron chi connectivity index (χ3n) is 11.6. The van der Waals surface area contributed by atoms with Crippen LogP contribution >= 0.6 is 0 Å². The van der Waals surface area contributed by atoms with Gasteiger partial charge in [0.2, 0.25) is 0 Å². The zero-order chi connectivity index (χ0) is 38.4. The van der Waals surface area contributed by atoms with Gasteiger partial charge in [-0.05, 0) is 92.5 Å². The third kappa shape index (κ3) is 5.66. The zero-order valence-corrected chi connectivity index (χ0v) is 31.8. The molecule has 10 aromatic carbocycles. The Morgan fingerprint density at radius 1 is 0.276 bits per heavy atom. The maximum absolute atomic E-state index is 2.43. The van der Waals surface area contributed by atoms with Gasteiger partial charge in [0.25, 0.3) is 0 Å². The fourth-order valence-corrected chi connectivity index (χ4v) is 8.92. The SMILES string of the molecule is c1ccc(-c2ccc(N(c3ccc(-c4cccc5ccccc45)cc3)c3ccc(-c4ccccc4-n4c5ccccc5c5ccccc54)c4ccccc34)cc2)cc1. The summed E-state index contributed by atoms with van der Waals surface area (Å²) in [6.07, 6.45) is 0. The Bertz CT molecular complexity index is 3210. The summed E-state index contributed by atoms with van der Waals surface area (Å²) in [5.41, 5.74) is 14.1. The minimum absolute atomic E-state index is 1.10. The highest BCUT2D eigenvalue weighted by atomic mass is 15.1. The maximum atomic E-state index is 2.43. The summed E-state index contributed by atoms with van der Waals surface area (Å²) in [7, 11) is 0. The van der Waals surface area contributed by atoms with E-state index in [1.54, 1.807) is 0 Å². The number of para-hydroxylation sites is 3. The zero-order valence-electron chi connectivity index (χ0n) is 31.8. The molecule has 11 rings (SSSR count). The highest BCUT2D eigenvalue weighted by Gasteiger charge is 2.20. The number of nitrogens with zero attached hydrogens (tertiary/aromatic N) is 2. The number of fused-ring (bicyclic) bond motifs is 5. The van der Waals surface area contributed by atoms with E-state index in [-0.39, 0.29) is 0 Å². The second kappa shape index (κ2) is 14.1. The van der Waals surface area contributed by atoms with Gasteiger partial charge in [-0.1, -0.05) is 182 Å². The van der Waals surface area contributed by atoms with Crippen molar-refractivity contribution in [1.29, 1.82) is 0 Å². The first kappa shape index (κ1) is 33.6. The normalized spacial score (nSPS) is 11.4. The summed E-state index contributed by atoms with van der Waals surface area (Å²) < 4.78 is 2.43. The van der Waals surface area contributed by atoms with Gasteiger partial charge in [-0.2, -0.15) is 0 Å². The maximum Gasteiger partial charge on any atom is 0.0541 e. The number of benzene rings is 10. The molecule has 0 amide bonds. The van der Waals surface area contributed by atoms with E-state index < -0.39 is 0 Å². The molecule has 0 spiro atoms. The van der Waals surface area contributed by atoms with E-state index in [2.05, 4.69) is 240 Å². The Balaban J connectivity index is 1.09. The molecule has 11 aromatic rings. The summed E-state index contributed by atoms with van der Waals surface area (Å²) in [5, 5.41) is 7.40. The van der Waals surface area contributed by atoms with E-state index in [9.17, 15) is 0 Å². The molecule has 58 heavy (non-hydrogen) atoms. The largest absolute Gasteiger partial charge is 0.310 e. The van der Waals surface area contributed by atoms with Gasteiger partial charge in [-0.15, -0.1) is 0 Å². The van der Waals surface area contributed by atoms with Gasteiger partial charge in [0.1, 0.15) is 0 Å². The van der Waals surface area contributed by atoms with E-state index in [1.807, 2.05) is 0 Å². The van der Waals surface area contributed by atoms with Crippen LogP contribution in [-0.2, 0) is 0 Å². The minimum atomic E-state index is 1.10. The molecule has 1 aromatic heterocycles. The average molecular weight is 739 g/mol. The van der Waals surface area contributed by atoms with Crippen molar-refractivity contribution < 1.29 is 0 Å². The number of anilines is 3. The molecule has 0 atom stereocenters. The van der Waals surface area contributed by atoms with Crippen LogP contribution in [0, 0.1) is 0 Å². The molecule has 0 aliphatic carbocycles. The monoisotopic (exact) mass is 738 g/mol. The summed E-state index contributed by atoms with van der Waals surface area (Å²) in [4.78, 5) is 2.41. The molecule has 0 aliphatic heterocycles. The molecule has 1 heterocycles. The molecule has 0 bridgehead atoms. The van der Waals surface area contributed by atoms with Crippen LogP contribution in [0.5, 0.6) is 0 Å². The molecule has 2 nitrogen and oxygen atoms in total. The number of hydrogen-bond donors (Lipinski definition) is 0. The van der Waals surface area contributed by atoms with Gasteiger partial charge < -0.3 is 9.47 Å². The van der Waals surface area contributed by atoms with Crippen LogP contribution < -0.4 is 4.90 Å². The molecule has 0 aliphatic rings. The molecule has 0 fully saturated rings. The fraction of sp³-hybridized carbons (Fsp3) is 0. The molecule has 0 unspecified atom stereocenters. The van der Waals surface area contributed by atoms with Gasteiger partial charge in [-0.3, -0.25) is 0 Å². The van der Waals surface area contributed by atoms with Gasteiger partial charge >= 0.3 is 0 Å². The second-order valence-corrected chi connectivity index (χ2v) is 14.9. The Kier molecular flexibility index (Phi) is 8.19. The van der Waals surface area contributed by atoms with Gasteiger partial charge in [0, 0.05) is 33.1 Å². The van der Waals surface area contributed by atoms with E-state index in [0.29, 0.717) is 0 Å². The Labute approximate surface area is 338 Å². The predicted octanol–water partition coefficient (Wildman–Crippen LogP) is 15.6. The van der Waals surface area contributed by atoms with Crippen molar-refractivity contribution in [3.63, 3.8) is 0 Å². The van der Waals surface area contributed by atoms with E-state index in [4.69, 9.17) is 0 Å². The van der Waals surface area contributed by atoms with Crippen LogP contribution in [0.1, 0.15) is 0 Å². The predicted molar refractivity (Wildman–Crippen MR) is 247 cm³/mol. The topological polar surface area (TPSA) is 8.17 Å². The first-order valence-corrected chi connectivity index (χ1v) is 19.9. The van der Waals surface area contributed by atoms with E-state index in [1.165, 1.54) is 76.7 Å².